The summed E-state index contributed by atoms with van der Waals surface area (Å²) in [5.74, 6) is -1.61. The van der Waals surface area contributed by atoms with Gasteiger partial charge in [0.15, 0.2) is 5.13 Å². The summed E-state index contributed by atoms with van der Waals surface area (Å²) in [6, 6.07) is 12.2. The Balaban J connectivity index is 1.85. The number of aromatic nitrogens is 1. The largest absolute Gasteiger partial charge is 0.321 e. The molecule has 0 aliphatic rings. The first kappa shape index (κ1) is 22.4. The van der Waals surface area contributed by atoms with Crippen LogP contribution in [-0.4, -0.2) is 16.8 Å². The molecule has 0 saturated heterocycles. The minimum atomic E-state index is -0.710. The van der Waals surface area contributed by atoms with Gasteiger partial charge in [0.2, 0.25) is 5.91 Å². The van der Waals surface area contributed by atoms with Crippen molar-refractivity contribution < 1.29 is 14.0 Å². The summed E-state index contributed by atoms with van der Waals surface area (Å²) in [6.45, 7) is 1.39. The van der Waals surface area contributed by atoms with Crippen LogP contribution in [0.1, 0.15) is 12.6 Å². The molecule has 6 nitrogen and oxygen atoms in total. The highest BCUT2D eigenvalue weighted by atomic mass is 35.5. The lowest BCUT2D eigenvalue weighted by Gasteiger charge is -2.18. The standard InChI is InChI=1S/C21H13Cl2FN4O2S/c1-12(29)28(17-4-2-3-14(22)8-17)21-27-16(11-31-21)7-13(10-25)20(30)26-15-5-6-19(24)18(23)9-15/h2-9,11H,1H3,(H,26,30)/b13-7+. The SMILES string of the molecule is CC(=O)N(c1cccc(Cl)c1)c1nc(/C=C(\C#N)C(=O)Nc2ccc(F)c(Cl)c2)cs1. The highest BCUT2D eigenvalue weighted by Crippen LogP contribution is 2.31. The number of nitrogens with zero attached hydrogens (tertiary/aromatic N) is 3. The van der Waals surface area contributed by atoms with E-state index in [0.29, 0.717) is 21.5 Å². The third kappa shape index (κ3) is 5.47. The smallest absolute Gasteiger partial charge is 0.266 e. The van der Waals surface area contributed by atoms with Crippen molar-refractivity contribution in [2.24, 2.45) is 0 Å². The Labute approximate surface area is 191 Å². The summed E-state index contributed by atoms with van der Waals surface area (Å²) >= 11 is 12.9. The van der Waals surface area contributed by atoms with E-state index in [1.165, 1.54) is 30.0 Å². The van der Waals surface area contributed by atoms with E-state index >= 15 is 0 Å². The Kier molecular flexibility index (Phi) is 7.02. The number of carbonyl (C=O) groups is 2. The third-order valence-electron chi connectivity index (χ3n) is 3.92. The maximum atomic E-state index is 13.3. The molecule has 156 valence electrons. The van der Waals surface area contributed by atoms with E-state index in [4.69, 9.17) is 23.2 Å². The fraction of sp³-hybridized carbons (Fsp3) is 0.0476. The number of nitriles is 1. The van der Waals surface area contributed by atoms with E-state index in [-0.39, 0.29) is 22.2 Å². The van der Waals surface area contributed by atoms with E-state index < -0.39 is 11.7 Å². The van der Waals surface area contributed by atoms with Crippen molar-refractivity contribution in [1.82, 2.24) is 4.98 Å². The second-order valence-electron chi connectivity index (χ2n) is 6.14. The van der Waals surface area contributed by atoms with Gasteiger partial charge in [0, 0.05) is 23.0 Å². The van der Waals surface area contributed by atoms with Crippen molar-refractivity contribution >= 4 is 68.9 Å². The monoisotopic (exact) mass is 474 g/mol. The minimum Gasteiger partial charge on any atom is -0.321 e. The summed E-state index contributed by atoms with van der Waals surface area (Å²) in [7, 11) is 0. The molecule has 3 rings (SSSR count). The summed E-state index contributed by atoms with van der Waals surface area (Å²) < 4.78 is 13.3. The molecule has 2 aromatic carbocycles. The van der Waals surface area contributed by atoms with Gasteiger partial charge in [-0.25, -0.2) is 9.37 Å². The molecule has 0 atom stereocenters. The highest BCUT2D eigenvalue weighted by Gasteiger charge is 2.19. The van der Waals surface area contributed by atoms with Crippen molar-refractivity contribution in [2.75, 3.05) is 10.2 Å². The van der Waals surface area contributed by atoms with Gasteiger partial charge >= 0.3 is 0 Å². The summed E-state index contributed by atoms with van der Waals surface area (Å²) in [6.07, 6.45) is 1.29. The topological polar surface area (TPSA) is 86.1 Å². The van der Waals surface area contributed by atoms with E-state index in [2.05, 4.69) is 10.3 Å². The van der Waals surface area contributed by atoms with E-state index in [1.807, 2.05) is 0 Å². The lowest BCUT2D eigenvalue weighted by molar-refractivity contribution is -0.116. The van der Waals surface area contributed by atoms with Crippen LogP contribution in [0.15, 0.2) is 53.4 Å². The van der Waals surface area contributed by atoms with Crippen LogP contribution in [0.2, 0.25) is 10.0 Å². The molecule has 3 aromatic rings. The van der Waals surface area contributed by atoms with Gasteiger partial charge in [-0.2, -0.15) is 5.26 Å². The molecule has 0 bridgehead atoms. The molecule has 0 spiro atoms. The molecule has 31 heavy (non-hydrogen) atoms. The summed E-state index contributed by atoms with van der Waals surface area (Å²) in [4.78, 5) is 30.3. The molecule has 0 aliphatic carbocycles. The normalized spacial score (nSPS) is 11.0. The Morgan fingerprint density at radius 1 is 1.26 bits per heavy atom. The first-order valence-electron chi connectivity index (χ1n) is 8.68. The number of benzene rings is 2. The Morgan fingerprint density at radius 3 is 2.68 bits per heavy atom. The van der Waals surface area contributed by atoms with Crippen molar-refractivity contribution in [3.8, 4) is 6.07 Å². The molecule has 2 amide bonds. The molecule has 1 heterocycles. The van der Waals surface area contributed by atoms with Crippen molar-refractivity contribution in [3.63, 3.8) is 0 Å². The highest BCUT2D eigenvalue weighted by molar-refractivity contribution is 7.14. The van der Waals surface area contributed by atoms with Gasteiger partial charge in [-0.15, -0.1) is 11.3 Å². The number of halogens is 3. The quantitative estimate of drug-likeness (QED) is 0.372. The Bertz CT molecular complexity index is 1240. The molecule has 0 unspecified atom stereocenters. The fourth-order valence-electron chi connectivity index (χ4n) is 2.56. The van der Waals surface area contributed by atoms with Gasteiger partial charge in [0.05, 0.1) is 16.4 Å². The number of rotatable bonds is 5. The maximum Gasteiger partial charge on any atom is 0.266 e. The van der Waals surface area contributed by atoms with Crippen LogP contribution in [0.3, 0.4) is 0 Å². The molecule has 1 aromatic heterocycles. The number of carbonyl (C=O) groups excluding carboxylic acids is 2. The van der Waals surface area contributed by atoms with Crippen LogP contribution in [0.4, 0.5) is 20.9 Å². The molecule has 0 saturated carbocycles. The Morgan fingerprint density at radius 2 is 2.03 bits per heavy atom. The van der Waals surface area contributed by atoms with Crippen LogP contribution < -0.4 is 10.2 Å². The predicted octanol–water partition coefficient (Wildman–Crippen LogP) is 5.82. The van der Waals surface area contributed by atoms with Gasteiger partial charge in [0.1, 0.15) is 17.5 Å². The molecule has 0 fully saturated rings. The molecule has 1 N–H and O–H groups in total. The predicted molar refractivity (Wildman–Crippen MR) is 120 cm³/mol. The zero-order valence-corrected chi connectivity index (χ0v) is 18.2. The average molecular weight is 475 g/mol. The number of anilines is 3. The number of hydrogen-bond donors (Lipinski definition) is 1. The second kappa shape index (κ2) is 9.71. The molecule has 0 aliphatic heterocycles. The van der Waals surface area contributed by atoms with E-state index in [0.717, 1.165) is 17.4 Å². The van der Waals surface area contributed by atoms with Crippen LogP contribution in [0.5, 0.6) is 0 Å². The minimum absolute atomic E-state index is 0.158. The number of thiazole rings is 1. The Hall–Kier alpha value is -3.25. The van der Waals surface area contributed by atoms with Crippen LogP contribution >= 0.6 is 34.5 Å². The van der Waals surface area contributed by atoms with Gasteiger partial charge in [0.25, 0.3) is 5.91 Å². The van der Waals surface area contributed by atoms with Crippen LogP contribution in [0.25, 0.3) is 6.08 Å². The molecular formula is C21H13Cl2FN4O2S. The van der Waals surface area contributed by atoms with Gasteiger partial charge < -0.3 is 5.32 Å². The molecule has 10 heteroatoms. The second-order valence-corrected chi connectivity index (χ2v) is 7.82. The molecule has 0 radical (unpaired) electrons. The zero-order valence-electron chi connectivity index (χ0n) is 15.9. The molecular weight excluding hydrogens is 462 g/mol. The maximum absolute atomic E-state index is 13.3. The number of amides is 2. The van der Waals surface area contributed by atoms with E-state index in [1.54, 1.807) is 35.7 Å². The fourth-order valence-corrected chi connectivity index (χ4v) is 3.77. The van der Waals surface area contributed by atoms with Crippen molar-refractivity contribution in [1.29, 1.82) is 5.26 Å². The van der Waals surface area contributed by atoms with Crippen molar-refractivity contribution in [3.05, 3.63) is 75.0 Å². The van der Waals surface area contributed by atoms with Crippen LogP contribution in [-0.2, 0) is 9.59 Å². The summed E-state index contributed by atoms with van der Waals surface area (Å²) in [5.41, 5.74) is 0.864. The van der Waals surface area contributed by atoms with Crippen molar-refractivity contribution in [2.45, 2.75) is 6.92 Å². The first-order chi connectivity index (χ1) is 14.8. The first-order valence-corrected chi connectivity index (χ1v) is 10.3. The van der Waals surface area contributed by atoms with Gasteiger partial charge in [-0.3, -0.25) is 14.5 Å². The van der Waals surface area contributed by atoms with E-state index in [9.17, 15) is 19.2 Å². The number of hydrogen-bond acceptors (Lipinski definition) is 5. The lowest BCUT2D eigenvalue weighted by Crippen LogP contribution is -2.22. The number of nitrogens with one attached hydrogen (secondary N) is 1. The third-order valence-corrected chi connectivity index (χ3v) is 5.29. The van der Waals surface area contributed by atoms with Crippen LogP contribution in [0, 0.1) is 17.1 Å². The summed E-state index contributed by atoms with van der Waals surface area (Å²) in [5, 5.41) is 14.1. The lowest BCUT2D eigenvalue weighted by atomic mass is 10.2. The average Bonchev–Trinajstić information content (AvgIpc) is 3.16. The van der Waals surface area contributed by atoms with Gasteiger partial charge in [-0.1, -0.05) is 29.3 Å². The zero-order chi connectivity index (χ0) is 22.5. The van der Waals surface area contributed by atoms with Gasteiger partial charge in [-0.05, 0) is 42.5 Å².